The van der Waals surface area contributed by atoms with E-state index in [-0.39, 0.29) is 5.91 Å². The number of benzene rings is 1. The minimum Gasteiger partial charge on any atom is -0.477 e. The van der Waals surface area contributed by atoms with E-state index in [2.05, 4.69) is 0 Å². The van der Waals surface area contributed by atoms with E-state index in [0.717, 1.165) is 22.5 Å². The Morgan fingerprint density at radius 1 is 1.18 bits per heavy atom. The van der Waals surface area contributed by atoms with Gasteiger partial charge in [0.2, 0.25) is 0 Å². The molecular weight excluding hydrogens is 376 g/mol. The molecule has 148 valence electrons. The summed E-state index contributed by atoms with van der Waals surface area (Å²) in [6, 6.07) is 9.42. The van der Waals surface area contributed by atoms with Crippen LogP contribution in [-0.2, 0) is 16.8 Å². The van der Waals surface area contributed by atoms with Crippen molar-refractivity contribution in [2.75, 3.05) is 38.7 Å². The monoisotopic (exact) mass is 400 g/mol. The van der Waals surface area contributed by atoms with Gasteiger partial charge in [0.15, 0.2) is 0 Å². The highest BCUT2D eigenvalue weighted by atomic mass is 32.1. The summed E-state index contributed by atoms with van der Waals surface area (Å²) in [7, 11) is 3.94. The van der Waals surface area contributed by atoms with Gasteiger partial charge in [-0.25, -0.2) is 4.79 Å². The molecule has 1 saturated heterocycles. The van der Waals surface area contributed by atoms with Gasteiger partial charge >= 0.3 is 5.97 Å². The molecule has 28 heavy (non-hydrogen) atoms. The van der Waals surface area contributed by atoms with Crippen LogP contribution in [0.3, 0.4) is 0 Å². The summed E-state index contributed by atoms with van der Waals surface area (Å²) in [5, 5.41) is 9.33. The van der Waals surface area contributed by atoms with Crippen LogP contribution in [0.25, 0.3) is 0 Å². The zero-order valence-electron chi connectivity index (χ0n) is 16.1. The van der Waals surface area contributed by atoms with E-state index in [1.807, 2.05) is 48.2 Å². The summed E-state index contributed by atoms with van der Waals surface area (Å²) in [6.45, 7) is 1.81. The molecule has 1 amide bonds. The summed E-state index contributed by atoms with van der Waals surface area (Å²) in [5.74, 6) is -0.851. The second-order valence-corrected chi connectivity index (χ2v) is 8.72. The number of ether oxygens (including phenoxy) is 1. The molecule has 0 radical (unpaired) electrons. The van der Waals surface area contributed by atoms with Crippen LogP contribution >= 0.6 is 11.3 Å². The molecule has 0 aliphatic carbocycles. The van der Waals surface area contributed by atoms with Gasteiger partial charge in [-0.2, -0.15) is 0 Å². The lowest BCUT2D eigenvalue weighted by Gasteiger charge is -2.44. The van der Waals surface area contributed by atoms with E-state index in [1.165, 1.54) is 11.3 Å². The lowest BCUT2D eigenvalue weighted by Crippen LogP contribution is -2.48. The Morgan fingerprint density at radius 3 is 2.46 bits per heavy atom. The van der Waals surface area contributed by atoms with Crippen LogP contribution in [0.4, 0.5) is 5.69 Å². The average Bonchev–Trinajstić information content (AvgIpc) is 3.15. The van der Waals surface area contributed by atoms with Crippen molar-refractivity contribution in [2.45, 2.75) is 24.9 Å². The Morgan fingerprint density at radius 2 is 1.86 bits per heavy atom. The van der Waals surface area contributed by atoms with Crippen molar-refractivity contribution >= 4 is 28.9 Å². The molecule has 0 atom stereocenters. The maximum Gasteiger partial charge on any atom is 0.345 e. The minimum absolute atomic E-state index is 0.0349. The molecule has 0 bridgehead atoms. The molecule has 1 fully saturated rings. The third kappa shape index (κ3) is 3.29. The Bertz CT molecular complexity index is 896. The molecule has 2 aromatic rings. The highest BCUT2D eigenvalue weighted by molar-refractivity contribution is 7.14. The first-order valence-corrected chi connectivity index (χ1v) is 10.3. The fraction of sp³-hybridized carbons (Fsp3) is 0.429. The number of carboxylic acid groups (broad SMARTS) is 1. The van der Waals surface area contributed by atoms with E-state index < -0.39 is 11.6 Å². The van der Waals surface area contributed by atoms with Gasteiger partial charge in [-0.3, -0.25) is 4.79 Å². The number of aromatic carboxylic acids is 1. The fourth-order valence-corrected chi connectivity index (χ4v) is 5.16. The second-order valence-electron chi connectivity index (χ2n) is 7.58. The standard InChI is InChI=1S/C21H24N2O4S/c1-22(2)15-5-3-14(4-6-15)19(24)23-10-8-21(9-11-23)16-13-18(20(25)26)28-17(16)7-12-27-21/h3-6,13H,7-12H2,1-2H3,(H,25,26). The SMILES string of the molecule is CN(C)c1ccc(C(=O)N2CCC3(CC2)OCCc2sc(C(=O)O)cc23)cc1. The molecule has 0 saturated carbocycles. The highest BCUT2D eigenvalue weighted by Gasteiger charge is 2.43. The lowest BCUT2D eigenvalue weighted by molar-refractivity contribution is -0.0926. The number of nitrogens with zero attached hydrogens (tertiary/aromatic N) is 2. The molecule has 0 unspecified atom stereocenters. The quantitative estimate of drug-likeness (QED) is 0.857. The largest absolute Gasteiger partial charge is 0.477 e. The van der Waals surface area contributed by atoms with Crippen LogP contribution < -0.4 is 4.90 Å². The first kappa shape index (κ1) is 19.0. The number of carboxylic acids is 1. The summed E-state index contributed by atoms with van der Waals surface area (Å²) in [5.41, 5.74) is 2.31. The molecule has 1 aromatic carbocycles. The van der Waals surface area contributed by atoms with Crippen molar-refractivity contribution in [3.05, 3.63) is 51.2 Å². The van der Waals surface area contributed by atoms with Crippen molar-refractivity contribution in [2.24, 2.45) is 0 Å². The summed E-state index contributed by atoms with van der Waals surface area (Å²) >= 11 is 1.35. The van der Waals surface area contributed by atoms with Gasteiger partial charge in [-0.15, -0.1) is 11.3 Å². The van der Waals surface area contributed by atoms with Crippen molar-refractivity contribution in [3.63, 3.8) is 0 Å². The number of anilines is 1. The number of hydrogen-bond acceptors (Lipinski definition) is 5. The number of piperidine rings is 1. The molecule has 4 rings (SSSR count). The number of fused-ring (bicyclic) bond motifs is 2. The molecule has 3 heterocycles. The van der Waals surface area contributed by atoms with Gasteiger partial charge in [0.1, 0.15) is 4.88 Å². The van der Waals surface area contributed by atoms with E-state index in [9.17, 15) is 14.7 Å². The van der Waals surface area contributed by atoms with Crippen molar-refractivity contribution in [1.29, 1.82) is 0 Å². The van der Waals surface area contributed by atoms with Crippen molar-refractivity contribution in [3.8, 4) is 0 Å². The number of rotatable bonds is 3. The number of carbonyl (C=O) groups excluding carboxylic acids is 1. The zero-order valence-corrected chi connectivity index (χ0v) is 16.9. The smallest absolute Gasteiger partial charge is 0.345 e. The van der Waals surface area contributed by atoms with Crippen LogP contribution in [0, 0.1) is 0 Å². The Kier molecular flexibility index (Phi) is 4.89. The number of amides is 1. The zero-order chi connectivity index (χ0) is 19.9. The molecule has 2 aliphatic rings. The van der Waals surface area contributed by atoms with E-state index in [0.29, 0.717) is 43.0 Å². The molecule has 6 nitrogen and oxygen atoms in total. The van der Waals surface area contributed by atoms with Crippen molar-refractivity contribution < 1.29 is 19.4 Å². The van der Waals surface area contributed by atoms with E-state index in [4.69, 9.17) is 4.74 Å². The molecule has 7 heteroatoms. The molecular formula is C21H24N2O4S. The summed E-state index contributed by atoms with van der Waals surface area (Å²) in [6.07, 6.45) is 2.14. The fourth-order valence-electron chi connectivity index (χ4n) is 4.09. The van der Waals surface area contributed by atoms with Gasteiger partial charge in [-0.05, 0) is 48.7 Å². The van der Waals surface area contributed by atoms with E-state index in [1.54, 1.807) is 6.07 Å². The highest BCUT2D eigenvalue weighted by Crippen LogP contribution is 2.44. The number of likely N-dealkylation sites (tertiary alicyclic amines) is 1. The molecule has 1 aromatic heterocycles. The third-order valence-electron chi connectivity index (χ3n) is 5.71. The Labute approximate surface area is 168 Å². The van der Waals surface area contributed by atoms with Gasteiger partial charge in [0.05, 0.1) is 12.2 Å². The van der Waals surface area contributed by atoms with Crippen molar-refractivity contribution in [1.82, 2.24) is 4.90 Å². The van der Waals surface area contributed by atoms with E-state index >= 15 is 0 Å². The number of carbonyl (C=O) groups is 2. The van der Waals surface area contributed by atoms with Gasteiger partial charge < -0.3 is 19.6 Å². The summed E-state index contributed by atoms with van der Waals surface area (Å²) in [4.78, 5) is 29.6. The lowest BCUT2D eigenvalue weighted by atomic mass is 9.82. The second kappa shape index (κ2) is 7.22. The van der Waals surface area contributed by atoms with Gasteiger partial charge in [-0.1, -0.05) is 0 Å². The first-order chi connectivity index (χ1) is 13.4. The molecule has 1 N–H and O–H groups in total. The predicted molar refractivity (Wildman–Crippen MR) is 109 cm³/mol. The van der Waals surface area contributed by atoms with Crippen LogP contribution in [-0.4, -0.2) is 55.7 Å². The van der Waals surface area contributed by atoms with Gasteiger partial charge in [0, 0.05) is 49.7 Å². The van der Waals surface area contributed by atoms with Gasteiger partial charge in [0.25, 0.3) is 5.91 Å². The van der Waals surface area contributed by atoms with Crippen LogP contribution in [0.1, 0.15) is 43.3 Å². The Balaban J connectivity index is 1.49. The first-order valence-electron chi connectivity index (χ1n) is 9.47. The molecule has 2 aliphatic heterocycles. The molecule has 1 spiro atoms. The normalized spacial score (nSPS) is 18.0. The van der Waals surface area contributed by atoms with Crippen LogP contribution in [0.2, 0.25) is 0 Å². The third-order valence-corrected chi connectivity index (χ3v) is 6.89. The summed E-state index contributed by atoms with van der Waals surface area (Å²) < 4.78 is 6.17. The van der Waals surface area contributed by atoms with Crippen LogP contribution in [0.5, 0.6) is 0 Å². The number of thiophene rings is 1. The maximum absolute atomic E-state index is 12.9. The maximum atomic E-state index is 12.9. The van der Waals surface area contributed by atoms with Crippen LogP contribution in [0.15, 0.2) is 30.3 Å². The number of hydrogen-bond donors (Lipinski definition) is 1. The average molecular weight is 400 g/mol. The minimum atomic E-state index is -0.886. The Hall–Kier alpha value is -2.38. The topological polar surface area (TPSA) is 70.1 Å². The predicted octanol–water partition coefficient (Wildman–Crippen LogP) is 3.22.